The molecular formula is C12H13N3O. The summed E-state index contributed by atoms with van der Waals surface area (Å²) in [6.45, 7) is 0.734. The molecule has 2 rings (SSSR count). The van der Waals surface area contributed by atoms with Crippen molar-refractivity contribution in [3.05, 3.63) is 58.6 Å². The van der Waals surface area contributed by atoms with E-state index >= 15 is 0 Å². The van der Waals surface area contributed by atoms with E-state index in [1.165, 1.54) is 0 Å². The Morgan fingerprint density at radius 2 is 2.06 bits per heavy atom. The van der Waals surface area contributed by atoms with E-state index in [2.05, 4.69) is 10.3 Å². The van der Waals surface area contributed by atoms with Gasteiger partial charge in [-0.05, 0) is 17.7 Å². The SMILES string of the molecule is CNc1cc(Cn2ccc(=O)cc2)ccn1. The van der Waals surface area contributed by atoms with Crippen LogP contribution in [-0.4, -0.2) is 16.6 Å². The summed E-state index contributed by atoms with van der Waals surface area (Å²) in [5.74, 6) is 0.846. The quantitative estimate of drug-likeness (QED) is 0.840. The van der Waals surface area contributed by atoms with Gasteiger partial charge in [0, 0.05) is 44.3 Å². The highest BCUT2D eigenvalue weighted by Crippen LogP contribution is 2.07. The fraction of sp³-hybridized carbons (Fsp3) is 0.167. The number of rotatable bonds is 3. The predicted molar refractivity (Wildman–Crippen MR) is 63.6 cm³/mol. The number of pyridine rings is 2. The van der Waals surface area contributed by atoms with Gasteiger partial charge in [0.2, 0.25) is 0 Å². The summed E-state index contributed by atoms with van der Waals surface area (Å²) >= 11 is 0. The van der Waals surface area contributed by atoms with Crippen LogP contribution in [0.5, 0.6) is 0 Å². The first kappa shape index (κ1) is 10.4. The standard InChI is InChI=1S/C12H13N3O/c1-13-12-8-10(2-5-14-12)9-15-6-3-11(16)4-7-15/h2-8H,9H2,1H3,(H,13,14). The molecule has 82 valence electrons. The maximum absolute atomic E-state index is 10.9. The Morgan fingerprint density at radius 1 is 1.31 bits per heavy atom. The van der Waals surface area contributed by atoms with Crippen molar-refractivity contribution in [2.45, 2.75) is 6.54 Å². The van der Waals surface area contributed by atoms with E-state index in [1.54, 1.807) is 30.7 Å². The summed E-state index contributed by atoms with van der Waals surface area (Å²) in [5, 5.41) is 2.99. The van der Waals surface area contributed by atoms with Crippen LogP contribution in [0.25, 0.3) is 0 Å². The molecule has 16 heavy (non-hydrogen) atoms. The van der Waals surface area contributed by atoms with Crippen LogP contribution >= 0.6 is 0 Å². The van der Waals surface area contributed by atoms with E-state index in [0.29, 0.717) is 0 Å². The molecule has 0 unspecified atom stereocenters. The molecule has 0 radical (unpaired) electrons. The molecule has 0 aromatic carbocycles. The van der Waals surface area contributed by atoms with E-state index in [4.69, 9.17) is 0 Å². The minimum absolute atomic E-state index is 0.0295. The average molecular weight is 215 g/mol. The van der Waals surface area contributed by atoms with E-state index < -0.39 is 0 Å². The first-order valence-electron chi connectivity index (χ1n) is 5.07. The van der Waals surface area contributed by atoms with Crippen LogP contribution in [0.15, 0.2) is 47.7 Å². The van der Waals surface area contributed by atoms with Gasteiger partial charge in [-0.15, -0.1) is 0 Å². The minimum atomic E-state index is 0.0295. The number of anilines is 1. The fourth-order valence-corrected chi connectivity index (χ4v) is 1.47. The molecule has 0 bridgehead atoms. The molecule has 0 saturated heterocycles. The lowest BCUT2D eigenvalue weighted by Gasteiger charge is -2.07. The van der Waals surface area contributed by atoms with Gasteiger partial charge < -0.3 is 9.88 Å². The minimum Gasteiger partial charge on any atom is -0.373 e. The third kappa shape index (κ3) is 2.48. The van der Waals surface area contributed by atoms with Gasteiger partial charge in [0.05, 0.1) is 0 Å². The molecule has 0 aliphatic rings. The van der Waals surface area contributed by atoms with Gasteiger partial charge in [0.1, 0.15) is 5.82 Å². The molecule has 4 nitrogen and oxygen atoms in total. The van der Waals surface area contributed by atoms with Crippen LogP contribution in [0.3, 0.4) is 0 Å². The number of aromatic nitrogens is 2. The normalized spacial score (nSPS) is 10.1. The second-order valence-electron chi connectivity index (χ2n) is 3.51. The molecule has 0 saturated carbocycles. The summed E-state index contributed by atoms with van der Waals surface area (Å²) in [6, 6.07) is 7.05. The Balaban J connectivity index is 2.20. The van der Waals surface area contributed by atoms with Crippen molar-refractivity contribution in [3.8, 4) is 0 Å². The number of hydrogen-bond acceptors (Lipinski definition) is 3. The topological polar surface area (TPSA) is 46.9 Å². The van der Waals surface area contributed by atoms with Crippen molar-refractivity contribution >= 4 is 5.82 Å². The second kappa shape index (κ2) is 4.61. The Labute approximate surface area is 93.6 Å². The summed E-state index contributed by atoms with van der Waals surface area (Å²) in [5.41, 5.74) is 1.17. The van der Waals surface area contributed by atoms with E-state index in [1.807, 2.05) is 23.7 Å². The third-order valence-electron chi connectivity index (χ3n) is 2.31. The first-order chi connectivity index (χ1) is 7.78. The number of hydrogen-bond donors (Lipinski definition) is 1. The van der Waals surface area contributed by atoms with Gasteiger partial charge in [-0.3, -0.25) is 4.79 Å². The Morgan fingerprint density at radius 3 is 2.75 bits per heavy atom. The van der Waals surface area contributed by atoms with Gasteiger partial charge >= 0.3 is 0 Å². The van der Waals surface area contributed by atoms with Crippen LogP contribution in [0, 0.1) is 0 Å². The summed E-state index contributed by atoms with van der Waals surface area (Å²) in [4.78, 5) is 15.1. The molecule has 0 spiro atoms. The molecule has 4 heteroatoms. The summed E-state index contributed by atoms with van der Waals surface area (Å²) in [7, 11) is 1.84. The smallest absolute Gasteiger partial charge is 0.181 e. The van der Waals surface area contributed by atoms with Crippen LogP contribution in [-0.2, 0) is 6.54 Å². The molecule has 2 heterocycles. The lowest BCUT2D eigenvalue weighted by Crippen LogP contribution is -2.05. The third-order valence-corrected chi connectivity index (χ3v) is 2.31. The summed E-state index contributed by atoms with van der Waals surface area (Å²) in [6.07, 6.45) is 5.33. The van der Waals surface area contributed by atoms with Crippen molar-refractivity contribution < 1.29 is 0 Å². The van der Waals surface area contributed by atoms with Gasteiger partial charge in [-0.2, -0.15) is 0 Å². The largest absolute Gasteiger partial charge is 0.373 e. The maximum atomic E-state index is 10.9. The molecule has 0 fully saturated rings. The van der Waals surface area contributed by atoms with Crippen molar-refractivity contribution in [2.75, 3.05) is 12.4 Å². The van der Waals surface area contributed by atoms with Crippen molar-refractivity contribution in [1.29, 1.82) is 0 Å². The van der Waals surface area contributed by atoms with Crippen LogP contribution in [0.1, 0.15) is 5.56 Å². The average Bonchev–Trinajstić information content (AvgIpc) is 2.32. The lowest BCUT2D eigenvalue weighted by atomic mass is 10.2. The molecule has 2 aromatic rings. The van der Waals surface area contributed by atoms with Gasteiger partial charge in [0.25, 0.3) is 0 Å². The van der Waals surface area contributed by atoms with Gasteiger partial charge in [-0.1, -0.05) is 0 Å². The zero-order valence-electron chi connectivity index (χ0n) is 9.05. The molecule has 0 aliphatic heterocycles. The Bertz CT molecular complexity index is 513. The van der Waals surface area contributed by atoms with Gasteiger partial charge in [0.15, 0.2) is 5.43 Å². The summed E-state index contributed by atoms with van der Waals surface area (Å²) < 4.78 is 1.95. The molecule has 0 atom stereocenters. The van der Waals surface area contributed by atoms with Gasteiger partial charge in [-0.25, -0.2) is 4.98 Å². The highest BCUT2D eigenvalue weighted by Gasteiger charge is 1.96. The Kier molecular flexibility index (Phi) is 3.00. The second-order valence-corrected chi connectivity index (χ2v) is 3.51. The maximum Gasteiger partial charge on any atom is 0.181 e. The molecule has 0 amide bonds. The predicted octanol–water partition coefficient (Wildman–Crippen LogP) is 1.33. The molecule has 1 N–H and O–H groups in total. The highest BCUT2D eigenvalue weighted by molar-refractivity contribution is 5.36. The molecular weight excluding hydrogens is 202 g/mol. The van der Waals surface area contributed by atoms with Crippen LogP contribution in [0.4, 0.5) is 5.82 Å². The van der Waals surface area contributed by atoms with Crippen molar-refractivity contribution in [2.24, 2.45) is 0 Å². The lowest BCUT2D eigenvalue weighted by molar-refractivity contribution is 0.787. The fourth-order valence-electron chi connectivity index (χ4n) is 1.47. The molecule has 0 aliphatic carbocycles. The molecule has 2 aromatic heterocycles. The van der Waals surface area contributed by atoms with Crippen LogP contribution in [0.2, 0.25) is 0 Å². The zero-order chi connectivity index (χ0) is 11.4. The van der Waals surface area contributed by atoms with Crippen LogP contribution < -0.4 is 10.7 Å². The highest BCUT2D eigenvalue weighted by atomic mass is 16.1. The monoisotopic (exact) mass is 215 g/mol. The number of nitrogens with zero attached hydrogens (tertiary/aromatic N) is 2. The van der Waals surface area contributed by atoms with E-state index in [-0.39, 0.29) is 5.43 Å². The number of nitrogens with one attached hydrogen (secondary N) is 1. The van der Waals surface area contributed by atoms with Crippen molar-refractivity contribution in [1.82, 2.24) is 9.55 Å². The Hall–Kier alpha value is -2.10. The van der Waals surface area contributed by atoms with Crippen molar-refractivity contribution in [3.63, 3.8) is 0 Å². The first-order valence-corrected chi connectivity index (χ1v) is 5.07. The van der Waals surface area contributed by atoms with E-state index in [9.17, 15) is 4.79 Å². The van der Waals surface area contributed by atoms with E-state index in [0.717, 1.165) is 17.9 Å². The zero-order valence-corrected chi connectivity index (χ0v) is 9.05.